The molecule has 0 bridgehead atoms. The van der Waals surface area contributed by atoms with E-state index in [-0.39, 0.29) is 6.04 Å². The predicted octanol–water partition coefficient (Wildman–Crippen LogP) is 7.22. The lowest BCUT2D eigenvalue weighted by molar-refractivity contribution is 0.709. The summed E-state index contributed by atoms with van der Waals surface area (Å²) in [6.07, 6.45) is 0.843. The first-order valence-electron chi connectivity index (χ1n) is 8.24. The van der Waals surface area contributed by atoms with Gasteiger partial charge in [-0.15, -0.1) is 0 Å². The molecular weight excluding hydrogens is 476 g/mol. The summed E-state index contributed by atoms with van der Waals surface area (Å²) < 4.78 is 2.14. The minimum absolute atomic E-state index is 0.139. The molecule has 0 aromatic heterocycles. The molecule has 0 amide bonds. The maximum absolute atomic E-state index is 6.22. The smallest absolute Gasteiger partial charge is 0.0831 e. The van der Waals surface area contributed by atoms with Crippen molar-refractivity contribution in [2.75, 3.05) is 5.01 Å². The van der Waals surface area contributed by atoms with Crippen molar-refractivity contribution < 1.29 is 0 Å². The van der Waals surface area contributed by atoms with Gasteiger partial charge >= 0.3 is 0 Å². The van der Waals surface area contributed by atoms with Crippen LogP contribution in [0, 0.1) is 0 Å². The van der Waals surface area contributed by atoms with E-state index >= 15 is 0 Å². The normalized spacial score (nSPS) is 16.7. The van der Waals surface area contributed by atoms with Crippen LogP contribution in [0.2, 0.25) is 5.02 Å². The van der Waals surface area contributed by atoms with Gasteiger partial charge in [0.15, 0.2) is 0 Å². The van der Waals surface area contributed by atoms with Crippen molar-refractivity contribution in [1.82, 2.24) is 0 Å². The van der Waals surface area contributed by atoms with Crippen LogP contribution in [0.5, 0.6) is 0 Å². The lowest BCUT2D eigenvalue weighted by Gasteiger charge is -2.24. The number of halogens is 3. The van der Waals surface area contributed by atoms with E-state index in [0.717, 1.165) is 32.3 Å². The van der Waals surface area contributed by atoms with Gasteiger partial charge in [-0.3, -0.25) is 5.01 Å². The summed E-state index contributed by atoms with van der Waals surface area (Å²) in [5.74, 6) is 0. The van der Waals surface area contributed by atoms with Gasteiger partial charge in [0.2, 0.25) is 0 Å². The zero-order valence-corrected chi connectivity index (χ0v) is 17.7. The molecule has 0 fully saturated rings. The second-order valence-corrected chi connectivity index (χ2v) is 8.42. The van der Waals surface area contributed by atoms with Gasteiger partial charge in [0.05, 0.1) is 17.4 Å². The monoisotopic (exact) mass is 488 g/mol. The molecule has 0 spiro atoms. The fraction of sp³-hybridized carbons (Fsp3) is 0.0952. The molecule has 1 aliphatic heterocycles. The molecule has 0 aliphatic carbocycles. The summed E-state index contributed by atoms with van der Waals surface area (Å²) in [5.41, 5.74) is 4.44. The van der Waals surface area contributed by atoms with E-state index < -0.39 is 0 Å². The highest BCUT2D eigenvalue weighted by Gasteiger charge is 2.30. The molecule has 2 nitrogen and oxygen atoms in total. The Balaban J connectivity index is 1.75. The van der Waals surface area contributed by atoms with Crippen molar-refractivity contribution in [2.24, 2.45) is 5.10 Å². The Kier molecular flexibility index (Phi) is 5.16. The standard InChI is InChI=1S/C21H15Br2ClN2/c22-16-8-4-14(5-9-16)20-13-21(15-6-10-17(23)11-7-15)26(25-20)19-3-1-2-18(24)12-19/h1-12,21H,13H2/t21-/m1/s1. The Bertz CT molecular complexity index is 953. The van der Waals surface area contributed by atoms with Crippen LogP contribution in [-0.4, -0.2) is 5.71 Å². The van der Waals surface area contributed by atoms with E-state index in [2.05, 4.69) is 85.4 Å². The molecule has 4 rings (SSSR count). The fourth-order valence-corrected chi connectivity index (χ4v) is 3.84. The number of hydrogen-bond donors (Lipinski definition) is 0. The maximum Gasteiger partial charge on any atom is 0.0831 e. The molecule has 1 aliphatic rings. The third-order valence-electron chi connectivity index (χ3n) is 4.42. The Morgan fingerprint density at radius 2 is 1.54 bits per heavy atom. The highest BCUT2D eigenvalue weighted by molar-refractivity contribution is 9.10. The quantitative estimate of drug-likeness (QED) is 0.378. The molecular formula is C21H15Br2ClN2. The molecule has 0 saturated carbocycles. The third kappa shape index (κ3) is 3.73. The van der Waals surface area contributed by atoms with Gasteiger partial charge in [-0.2, -0.15) is 5.10 Å². The van der Waals surface area contributed by atoms with Crippen LogP contribution < -0.4 is 5.01 Å². The van der Waals surface area contributed by atoms with Crippen molar-refractivity contribution in [3.05, 3.63) is 97.9 Å². The number of hydrazone groups is 1. The molecule has 26 heavy (non-hydrogen) atoms. The minimum Gasteiger partial charge on any atom is -0.257 e. The second-order valence-electron chi connectivity index (χ2n) is 6.15. The van der Waals surface area contributed by atoms with Crippen molar-refractivity contribution in [3.63, 3.8) is 0 Å². The topological polar surface area (TPSA) is 15.6 Å². The van der Waals surface area contributed by atoms with Gasteiger partial charge in [0.1, 0.15) is 0 Å². The molecule has 3 aromatic rings. The molecule has 5 heteroatoms. The summed E-state index contributed by atoms with van der Waals surface area (Å²) in [6.45, 7) is 0. The summed E-state index contributed by atoms with van der Waals surface area (Å²) in [6, 6.07) is 24.7. The summed E-state index contributed by atoms with van der Waals surface area (Å²) in [7, 11) is 0. The van der Waals surface area contributed by atoms with Gasteiger partial charge in [0.25, 0.3) is 0 Å². The predicted molar refractivity (Wildman–Crippen MR) is 116 cm³/mol. The molecule has 0 N–H and O–H groups in total. The van der Waals surface area contributed by atoms with Crippen LogP contribution in [-0.2, 0) is 0 Å². The highest BCUT2D eigenvalue weighted by atomic mass is 79.9. The summed E-state index contributed by atoms with van der Waals surface area (Å²) in [5, 5.41) is 7.73. The molecule has 1 atom stereocenters. The Labute approximate surface area is 174 Å². The lowest BCUT2D eigenvalue weighted by Crippen LogP contribution is -2.18. The van der Waals surface area contributed by atoms with Crippen molar-refractivity contribution in [2.45, 2.75) is 12.5 Å². The van der Waals surface area contributed by atoms with Gasteiger partial charge in [0, 0.05) is 20.4 Å². The van der Waals surface area contributed by atoms with E-state index in [0.29, 0.717) is 5.02 Å². The number of hydrogen-bond acceptors (Lipinski definition) is 2. The van der Waals surface area contributed by atoms with Crippen LogP contribution in [0.15, 0.2) is 86.8 Å². The second kappa shape index (κ2) is 7.55. The van der Waals surface area contributed by atoms with Crippen molar-refractivity contribution in [1.29, 1.82) is 0 Å². The Hall–Kier alpha value is -1.62. The maximum atomic E-state index is 6.22. The summed E-state index contributed by atoms with van der Waals surface area (Å²) in [4.78, 5) is 0. The largest absolute Gasteiger partial charge is 0.257 e. The number of rotatable bonds is 3. The van der Waals surface area contributed by atoms with Crippen LogP contribution in [0.4, 0.5) is 5.69 Å². The van der Waals surface area contributed by atoms with Gasteiger partial charge in [-0.1, -0.05) is 73.8 Å². The Morgan fingerprint density at radius 1 is 0.885 bits per heavy atom. The number of nitrogens with zero attached hydrogens (tertiary/aromatic N) is 2. The molecule has 0 unspecified atom stereocenters. The van der Waals surface area contributed by atoms with Crippen LogP contribution >= 0.6 is 43.5 Å². The van der Waals surface area contributed by atoms with Crippen molar-refractivity contribution in [3.8, 4) is 0 Å². The molecule has 130 valence electrons. The molecule has 3 aromatic carbocycles. The van der Waals surface area contributed by atoms with Crippen LogP contribution in [0.1, 0.15) is 23.6 Å². The third-order valence-corrected chi connectivity index (χ3v) is 5.71. The zero-order valence-electron chi connectivity index (χ0n) is 13.7. The SMILES string of the molecule is Clc1cccc(N2N=C(c3ccc(Br)cc3)C[C@@H]2c2ccc(Br)cc2)c1. The molecule has 0 radical (unpaired) electrons. The number of anilines is 1. The van der Waals surface area contributed by atoms with E-state index in [1.54, 1.807) is 0 Å². The van der Waals surface area contributed by atoms with E-state index in [1.807, 2.05) is 24.3 Å². The average molecular weight is 491 g/mol. The van der Waals surface area contributed by atoms with Gasteiger partial charge in [-0.05, 0) is 53.6 Å². The van der Waals surface area contributed by atoms with Crippen LogP contribution in [0.25, 0.3) is 0 Å². The highest BCUT2D eigenvalue weighted by Crippen LogP contribution is 2.37. The first-order chi connectivity index (χ1) is 12.6. The van der Waals surface area contributed by atoms with E-state index in [9.17, 15) is 0 Å². The zero-order chi connectivity index (χ0) is 18.1. The first kappa shape index (κ1) is 17.8. The Morgan fingerprint density at radius 3 is 2.19 bits per heavy atom. The van der Waals surface area contributed by atoms with Crippen molar-refractivity contribution >= 4 is 54.9 Å². The van der Waals surface area contributed by atoms with E-state index in [4.69, 9.17) is 16.7 Å². The lowest BCUT2D eigenvalue weighted by atomic mass is 9.98. The van der Waals surface area contributed by atoms with Gasteiger partial charge < -0.3 is 0 Å². The summed E-state index contributed by atoms with van der Waals surface area (Å²) >= 11 is 13.2. The number of benzene rings is 3. The fourth-order valence-electron chi connectivity index (χ4n) is 3.13. The van der Waals surface area contributed by atoms with E-state index in [1.165, 1.54) is 5.56 Å². The molecule has 1 heterocycles. The molecule has 0 saturated heterocycles. The van der Waals surface area contributed by atoms with Gasteiger partial charge in [-0.25, -0.2) is 0 Å². The average Bonchev–Trinajstić information content (AvgIpc) is 3.08. The minimum atomic E-state index is 0.139. The van der Waals surface area contributed by atoms with Crippen LogP contribution in [0.3, 0.4) is 0 Å². The first-order valence-corrected chi connectivity index (χ1v) is 10.2.